The molecule has 0 bridgehead atoms. The zero-order valence-corrected chi connectivity index (χ0v) is 15.1. The van der Waals surface area contributed by atoms with Gasteiger partial charge in [-0.15, -0.1) is 0 Å². The second-order valence-corrected chi connectivity index (χ2v) is 7.99. The van der Waals surface area contributed by atoms with Crippen LogP contribution in [0.2, 0.25) is 0 Å². The average Bonchev–Trinajstić information content (AvgIpc) is 3.12. The Labute approximate surface area is 149 Å². The van der Waals surface area contributed by atoms with Gasteiger partial charge in [-0.1, -0.05) is 24.3 Å². The fraction of sp³-hybridized carbons (Fsp3) is 0.600. The molecule has 1 saturated carbocycles. The van der Waals surface area contributed by atoms with Gasteiger partial charge in [0.05, 0.1) is 0 Å². The van der Waals surface area contributed by atoms with Crippen LogP contribution in [0, 0.1) is 11.8 Å². The minimum absolute atomic E-state index is 0.0780. The molecular formula is C20H27N3O2. The number of rotatable bonds is 3. The van der Waals surface area contributed by atoms with Crippen molar-refractivity contribution < 1.29 is 9.59 Å². The molecule has 1 aromatic rings. The number of carbonyl (C=O) groups is 2. The minimum Gasteiger partial charge on any atom is -0.349 e. The van der Waals surface area contributed by atoms with E-state index in [1.165, 1.54) is 11.1 Å². The molecule has 0 spiro atoms. The molecule has 5 nitrogen and oxygen atoms in total. The van der Waals surface area contributed by atoms with Crippen molar-refractivity contribution in [3.05, 3.63) is 35.4 Å². The van der Waals surface area contributed by atoms with Gasteiger partial charge in [0.1, 0.15) is 0 Å². The molecule has 5 heteroatoms. The molecule has 3 amide bonds. The van der Waals surface area contributed by atoms with Crippen LogP contribution in [0.5, 0.6) is 0 Å². The van der Waals surface area contributed by atoms with E-state index in [0.29, 0.717) is 30.2 Å². The van der Waals surface area contributed by atoms with Crippen molar-refractivity contribution in [3.63, 3.8) is 0 Å². The Kier molecular flexibility index (Phi) is 4.18. The van der Waals surface area contributed by atoms with Gasteiger partial charge in [-0.05, 0) is 42.2 Å². The van der Waals surface area contributed by atoms with Crippen LogP contribution < -0.4 is 5.32 Å². The van der Waals surface area contributed by atoms with Crippen molar-refractivity contribution in [2.75, 3.05) is 27.2 Å². The van der Waals surface area contributed by atoms with Crippen LogP contribution in [0.3, 0.4) is 0 Å². The molecule has 2 aliphatic carbocycles. The second-order valence-electron chi connectivity index (χ2n) is 7.99. The second kappa shape index (κ2) is 6.36. The molecule has 0 aromatic heterocycles. The lowest BCUT2D eigenvalue weighted by atomic mass is 9.93. The van der Waals surface area contributed by atoms with Crippen LogP contribution in [0.1, 0.15) is 36.3 Å². The molecule has 134 valence electrons. The molecule has 3 atom stereocenters. The number of carbonyl (C=O) groups excluding carboxylic acids is 2. The van der Waals surface area contributed by atoms with E-state index in [1.54, 1.807) is 19.0 Å². The third-order valence-electron chi connectivity index (χ3n) is 6.19. The van der Waals surface area contributed by atoms with E-state index in [0.717, 1.165) is 32.4 Å². The van der Waals surface area contributed by atoms with Gasteiger partial charge in [-0.25, -0.2) is 4.79 Å². The zero-order valence-electron chi connectivity index (χ0n) is 15.1. The molecule has 2 fully saturated rings. The maximum Gasteiger partial charge on any atom is 0.317 e. The third-order valence-corrected chi connectivity index (χ3v) is 6.19. The summed E-state index contributed by atoms with van der Waals surface area (Å²) >= 11 is 0. The van der Waals surface area contributed by atoms with Crippen LogP contribution in [-0.4, -0.2) is 55.0 Å². The zero-order chi connectivity index (χ0) is 17.6. The number of piperidine rings is 1. The first-order valence-electron chi connectivity index (χ1n) is 9.38. The number of benzene rings is 1. The Morgan fingerprint density at radius 2 is 1.92 bits per heavy atom. The Morgan fingerprint density at radius 3 is 2.64 bits per heavy atom. The van der Waals surface area contributed by atoms with E-state index in [9.17, 15) is 9.59 Å². The molecule has 1 aliphatic heterocycles. The monoisotopic (exact) mass is 341 g/mol. The summed E-state index contributed by atoms with van der Waals surface area (Å²) in [5.41, 5.74) is 2.88. The van der Waals surface area contributed by atoms with Crippen molar-refractivity contribution >= 4 is 11.9 Å². The Balaban J connectivity index is 1.25. The number of urea groups is 1. The maximum atomic E-state index is 12.6. The van der Waals surface area contributed by atoms with E-state index in [1.807, 2.05) is 4.90 Å². The molecule has 25 heavy (non-hydrogen) atoms. The molecular weight excluding hydrogens is 314 g/mol. The standard InChI is InChI=1S/C20H27N3O2/c1-22(2)17(24)11-13-7-9-23(10-8-13)20(25)21-19-16-12-14-5-3-4-6-15(14)18(16)19/h3-6,13,16,18-19H,7-12H2,1-2H3,(H,21,25)/t16-,18+,19-/m1/s1. The molecule has 0 radical (unpaired) electrons. The summed E-state index contributed by atoms with van der Waals surface area (Å²) in [6.07, 6.45) is 3.55. The van der Waals surface area contributed by atoms with E-state index < -0.39 is 0 Å². The largest absolute Gasteiger partial charge is 0.349 e. The van der Waals surface area contributed by atoms with Crippen molar-refractivity contribution in [1.82, 2.24) is 15.1 Å². The van der Waals surface area contributed by atoms with Crippen LogP contribution in [0.25, 0.3) is 0 Å². The third kappa shape index (κ3) is 3.12. The van der Waals surface area contributed by atoms with E-state index in [4.69, 9.17) is 0 Å². The van der Waals surface area contributed by atoms with Crippen LogP contribution in [0.15, 0.2) is 24.3 Å². The van der Waals surface area contributed by atoms with Crippen LogP contribution in [0.4, 0.5) is 4.79 Å². The van der Waals surface area contributed by atoms with Crippen LogP contribution >= 0.6 is 0 Å². The van der Waals surface area contributed by atoms with Crippen molar-refractivity contribution in [3.8, 4) is 0 Å². The van der Waals surface area contributed by atoms with Gasteiger partial charge in [0.25, 0.3) is 0 Å². The summed E-state index contributed by atoms with van der Waals surface area (Å²) in [5, 5.41) is 3.25. The summed E-state index contributed by atoms with van der Waals surface area (Å²) in [7, 11) is 3.60. The van der Waals surface area contributed by atoms with E-state index in [-0.39, 0.29) is 11.9 Å². The fourth-order valence-corrected chi connectivity index (χ4v) is 4.55. The predicted molar refractivity (Wildman–Crippen MR) is 96.3 cm³/mol. The molecule has 1 heterocycles. The molecule has 1 aromatic carbocycles. The highest BCUT2D eigenvalue weighted by Crippen LogP contribution is 2.56. The van der Waals surface area contributed by atoms with Gasteiger partial charge in [0, 0.05) is 45.6 Å². The lowest BCUT2D eigenvalue weighted by Gasteiger charge is -2.32. The van der Waals surface area contributed by atoms with Crippen molar-refractivity contribution in [2.24, 2.45) is 11.8 Å². The highest BCUT2D eigenvalue weighted by Gasteiger charge is 2.56. The summed E-state index contributed by atoms with van der Waals surface area (Å²) in [6, 6.07) is 9.00. The van der Waals surface area contributed by atoms with E-state index >= 15 is 0 Å². The normalized spacial score (nSPS) is 27.4. The molecule has 4 rings (SSSR count). The Hall–Kier alpha value is -2.04. The number of nitrogens with one attached hydrogen (secondary N) is 1. The summed E-state index contributed by atoms with van der Waals surface area (Å²) in [6.45, 7) is 1.52. The number of hydrogen-bond acceptors (Lipinski definition) is 2. The first kappa shape index (κ1) is 16.4. The summed E-state index contributed by atoms with van der Waals surface area (Å²) in [5.74, 6) is 1.71. The SMILES string of the molecule is CN(C)C(=O)CC1CCN(C(=O)N[C@@H]2[C@@H]3Cc4ccccc4[C@@H]32)CC1. The number of hydrogen-bond donors (Lipinski definition) is 1. The first-order chi connectivity index (χ1) is 12.0. The van der Waals surface area contributed by atoms with Crippen molar-refractivity contribution in [1.29, 1.82) is 0 Å². The quantitative estimate of drug-likeness (QED) is 0.916. The van der Waals surface area contributed by atoms with Gasteiger partial charge >= 0.3 is 6.03 Å². The summed E-state index contributed by atoms with van der Waals surface area (Å²) < 4.78 is 0. The van der Waals surface area contributed by atoms with E-state index in [2.05, 4.69) is 29.6 Å². The topological polar surface area (TPSA) is 52.7 Å². The number of nitrogens with zero attached hydrogens (tertiary/aromatic N) is 2. The lowest BCUT2D eigenvalue weighted by Crippen LogP contribution is -2.46. The van der Waals surface area contributed by atoms with Crippen LogP contribution in [-0.2, 0) is 11.2 Å². The summed E-state index contributed by atoms with van der Waals surface area (Å²) in [4.78, 5) is 28.0. The maximum absolute atomic E-state index is 12.6. The Bertz CT molecular complexity index is 679. The first-order valence-corrected chi connectivity index (χ1v) is 9.38. The average molecular weight is 341 g/mol. The number of amides is 3. The van der Waals surface area contributed by atoms with Gasteiger partial charge in [0.2, 0.25) is 5.91 Å². The molecule has 0 unspecified atom stereocenters. The molecule has 1 N–H and O–H groups in total. The van der Waals surface area contributed by atoms with Gasteiger partial charge in [0.15, 0.2) is 0 Å². The Morgan fingerprint density at radius 1 is 1.20 bits per heavy atom. The predicted octanol–water partition coefficient (Wildman–Crippen LogP) is 2.22. The molecule has 1 saturated heterocycles. The van der Waals surface area contributed by atoms with Gasteiger partial charge < -0.3 is 15.1 Å². The smallest absolute Gasteiger partial charge is 0.317 e. The number of likely N-dealkylation sites (tertiary alicyclic amines) is 1. The fourth-order valence-electron chi connectivity index (χ4n) is 4.55. The minimum atomic E-state index is 0.0780. The van der Waals surface area contributed by atoms with Gasteiger partial charge in [-0.3, -0.25) is 4.79 Å². The highest BCUT2D eigenvalue weighted by molar-refractivity contribution is 5.77. The molecule has 3 aliphatic rings. The van der Waals surface area contributed by atoms with Crippen molar-refractivity contribution in [2.45, 2.75) is 37.6 Å². The number of fused-ring (bicyclic) bond motifs is 3. The lowest BCUT2D eigenvalue weighted by molar-refractivity contribution is -0.129. The van der Waals surface area contributed by atoms with Gasteiger partial charge in [-0.2, -0.15) is 0 Å². The highest BCUT2D eigenvalue weighted by atomic mass is 16.2.